The summed E-state index contributed by atoms with van der Waals surface area (Å²) in [4.78, 5) is 8.52. The third kappa shape index (κ3) is 4.59. The van der Waals surface area contributed by atoms with Crippen molar-refractivity contribution in [3.05, 3.63) is 11.9 Å². The van der Waals surface area contributed by atoms with Gasteiger partial charge in [-0.2, -0.15) is 4.98 Å². The molecule has 0 aromatic carbocycles. The Morgan fingerprint density at radius 1 is 1.35 bits per heavy atom. The van der Waals surface area contributed by atoms with Crippen molar-refractivity contribution in [3.63, 3.8) is 0 Å². The van der Waals surface area contributed by atoms with Crippen molar-refractivity contribution in [2.45, 2.75) is 46.6 Å². The molecular formula is C13H23N3O. The van der Waals surface area contributed by atoms with E-state index in [1.807, 2.05) is 13.0 Å². The van der Waals surface area contributed by atoms with Gasteiger partial charge in [-0.05, 0) is 26.2 Å². The van der Waals surface area contributed by atoms with Gasteiger partial charge in [0.05, 0.1) is 7.11 Å². The monoisotopic (exact) mass is 237 g/mol. The fraction of sp³-hybridized carbons (Fsp3) is 0.692. The molecule has 0 saturated heterocycles. The minimum absolute atomic E-state index is 0.406. The molecule has 1 heterocycles. The Hall–Kier alpha value is -1.32. The Kier molecular flexibility index (Phi) is 5.19. The molecule has 96 valence electrons. The second kappa shape index (κ2) is 6.42. The molecule has 1 aromatic heterocycles. The van der Waals surface area contributed by atoms with Gasteiger partial charge in [0.2, 0.25) is 5.88 Å². The minimum atomic E-state index is 0.406. The second-order valence-electron chi connectivity index (χ2n) is 4.64. The number of rotatable bonds is 6. The van der Waals surface area contributed by atoms with E-state index in [-0.39, 0.29) is 0 Å². The topological polar surface area (TPSA) is 47.0 Å². The minimum Gasteiger partial charge on any atom is -0.481 e. The maximum Gasteiger partial charge on any atom is 0.218 e. The van der Waals surface area contributed by atoms with Gasteiger partial charge in [0, 0.05) is 12.1 Å². The van der Waals surface area contributed by atoms with E-state index in [1.54, 1.807) is 7.11 Å². The Bertz CT molecular complexity index is 355. The van der Waals surface area contributed by atoms with Crippen LogP contribution in [0.25, 0.3) is 0 Å². The molecule has 4 heteroatoms. The predicted molar refractivity (Wildman–Crippen MR) is 70.5 cm³/mol. The van der Waals surface area contributed by atoms with Crippen LogP contribution in [0.2, 0.25) is 0 Å². The van der Waals surface area contributed by atoms with E-state index in [0.717, 1.165) is 24.0 Å². The van der Waals surface area contributed by atoms with Gasteiger partial charge in [-0.15, -0.1) is 0 Å². The third-order valence-electron chi connectivity index (χ3n) is 2.87. The molecule has 0 aliphatic rings. The number of aryl methyl sites for hydroxylation is 1. The Morgan fingerprint density at radius 2 is 2.06 bits per heavy atom. The highest BCUT2D eigenvalue weighted by molar-refractivity contribution is 5.39. The highest BCUT2D eigenvalue weighted by Gasteiger charge is 2.09. The van der Waals surface area contributed by atoms with Crippen LogP contribution < -0.4 is 10.1 Å². The van der Waals surface area contributed by atoms with Crippen LogP contribution in [0.3, 0.4) is 0 Å². The zero-order valence-electron chi connectivity index (χ0n) is 11.4. The van der Waals surface area contributed by atoms with Crippen LogP contribution in [-0.2, 0) is 0 Å². The lowest BCUT2D eigenvalue weighted by molar-refractivity contribution is 0.395. The van der Waals surface area contributed by atoms with E-state index < -0.39 is 0 Å². The molecule has 0 bridgehead atoms. The van der Waals surface area contributed by atoms with Crippen molar-refractivity contribution in [2.75, 3.05) is 12.4 Å². The zero-order valence-corrected chi connectivity index (χ0v) is 11.4. The van der Waals surface area contributed by atoms with Gasteiger partial charge in [-0.25, -0.2) is 4.98 Å². The van der Waals surface area contributed by atoms with Crippen molar-refractivity contribution < 1.29 is 4.74 Å². The van der Waals surface area contributed by atoms with Crippen LogP contribution >= 0.6 is 0 Å². The quantitative estimate of drug-likeness (QED) is 0.826. The van der Waals surface area contributed by atoms with E-state index in [9.17, 15) is 0 Å². The van der Waals surface area contributed by atoms with Crippen molar-refractivity contribution in [3.8, 4) is 5.88 Å². The van der Waals surface area contributed by atoms with Crippen LogP contribution in [-0.4, -0.2) is 23.1 Å². The van der Waals surface area contributed by atoms with Gasteiger partial charge < -0.3 is 10.1 Å². The maximum absolute atomic E-state index is 5.13. The lowest BCUT2D eigenvalue weighted by Gasteiger charge is -2.18. The van der Waals surface area contributed by atoms with Crippen molar-refractivity contribution in [2.24, 2.45) is 5.92 Å². The van der Waals surface area contributed by atoms with Gasteiger partial charge in [0.25, 0.3) is 0 Å². The van der Waals surface area contributed by atoms with E-state index in [4.69, 9.17) is 4.74 Å². The number of hydrogen-bond acceptors (Lipinski definition) is 4. The molecule has 4 nitrogen and oxygen atoms in total. The van der Waals surface area contributed by atoms with E-state index in [0.29, 0.717) is 11.9 Å². The smallest absolute Gasteiger partial charge is 0.218 e. The SMILES string of the molecule is CCC(C)CC(C)Nc1cc(OC)nc(C)n1. The average molecular weight is 237 g/mol. The molecule has 0 fully saturated rings. The molecule has 0 amide bonds. The predicted octanol–water partition coefficient (Wildman–Crippen LogP) is 3.03. The summed E-state index contributed by atoms with van der Waals surface area (Å²) in [5.41, 5.74) is 0. The number of nitrogens with one attached hydrogen (secondary N) is 1. The summed E-state index contributed by atoms with van der Waals surface area (Å²) in [6.45, 7) is 8.53. The number of nitrogens with zero attached hydrogens (tertiary/aromatic N) is 2. The zero-order chi connectivity index (χ0) is 12.8. The molecule has 0 spiro atoms. The molecule has 0 aliphatic heterocycles. The molecule has 1 aromatic rings. The number of anilines is 1. The fourth-order valence-electron chi connectivity index (χ4n) is 1.80. The first-order chi connectivity index (χ1) is 8.05. The van der Waals surface area contributed by atoms with Crippen molar-refractivity contribution >= 4 is 5.82 Å². The highest BCUT2D eigenvalue weighted by atomic mass is 16.5. The first-order valence-electron chi connectivity index (χ1n) is 6.21. The molecule has 2 atom stereocenters. The summed E-state index contributed by atoms with van der Waals surface area (Å²) >= 11 is 0. The summed E-state index contributed by atoms with van der Waals surface area (Å²) in [5, 5.41) is 3.39. The Balaban J connectivity index is 2.64. The summed E-state index contributed by atoms with van der Waals surface area (Å²) < 4.78 is 5.13. The fourth-order valence-corrected chi connectivity index (χ4v) is 1.80. The van der Waals surface area contributed by atoms with Crippen LogP contribution in [0, 0.1) is 12.8 Å². The molecule has 17 heavy (non-hydrogen) atoms. The van der Waals surface area contributed by atoms with Crippen LogP contribution in [0.5, 0.6) is 5.88 Å². The summed E-state index contributed by atoms with van der Waals surface area (Å²) in [6.07, 6.45) is 2.35. The summed E-state index contributed by atoms with van der Waals surface area (Å²) in [6, 6.07) is 2.24. The molecule has 1 N–H and O–H groups in total. The van der Waals surface area contributed by atoms with Crippen LogP contribution in [0.1, 0.15) is 39.4 Å². The van der Waals surface area contributed by atoms with E-state index >= 15 is 0 Å². The standard InChI is InChI=1S/C13H23N3O/c1-6-9(2)7-10(3)14-12-8-13(17-5)16-11(4)15-12/h8-10H,6-7H2,1-5H3,(H,14,15,16). The molecule has 0 saturated carbocycles. The van der Waals surface area contributed by atoms with E-state index in [2.05, 4.69) is 36.1 Å². The van der Waals surface area contributed by atoms with Crippen LogP contribution in [0.4, 0.5) is 5.82 Å². The first-order valence-corrected chi connectivity index (χ1v) is 6.21. The number of methoxy groups -OCH3 is 1. The summed E-state index contributed by atoms with van der Waals surface area (Å²) in [5.74, 6) is 2.89. The summed E-state index contributed by atoms with van der Waals surface area (Å²) in [7, 11) is 1.62. The Morgan fingerprint density at radius 3 is 2.65 bits per heavy atom. The molecule has 0 radical (unpaired) electrons. The number of ether oxygens (including phenoxy) is 1. The molecule has 2 unspecified atom stereocenters. The van der Waals surface area contributed by atoms with Gasteiger partial charge in [-0.3, -0.25) is 0 Å². The van der Waals surface area contributed by atoms with E-state index in [1.165, 1.54) is 6.42 Å². The largest absolute Gasteiger partial charge is 0.481 e. The maximum atomic E-state index is 5.13. The highest BCUT2D eigenvalue weighted by Crippen LogP contribution is 2.16. The normalized spacial score (nSPS) is 14.2. The number of aromatic nitrogens is 2. The lowest BCUT2D eigenvalue weighted by Crippen LogP contribution is -2.19. The van der Waals surface area contributed by atoms with Gasteiger partial charge in [0.1, 0.15) is 11.6 Å². The molecule has 0 aliphatic carbocycles. The van der Waals surface area contributed by atoms with Gasteiger partial charge >= 0.3 is 0 Å². The van der Waals surface area contributed by atoms with Gasteiger partial charge in [0.15, 0.2) is 0 Å². The number of hydrogen-bond donors (Lipinski definition) is 1. The average Bonchev–Trinajstić information content (AvgIpc) is 2.27. The van der Waals surface area contributed by atoms with Crippen molar-refractivity contribution in [1.82, 2.24) is 9.97 Å². The second-order valence-corrected chi connectivity index (χ2v) is 4.64. The first kappa shape index (κ1) is 13.7. The molecule has 1 rings (SSSR count). The van der Waals surface area contributed by atoms with Crippen molar-refractivity contribution in [1.29, 1.82) is 0 Å². The lowest BCUT2D eigenvalue weighted by atomic mass is 10.0. The molecular weight excluding hydrogens is 214 g/mol. The Labute approximate surface area is 104 Å². The van der Waals surface area contributed by atoms with Crippen LogP contribution in [0.15, 0.2) is 6.07 Å². The third-order valence-corrected chi connectivity index (χ3v) is 2.87. The van der Waals surface area contributed by atoms with Gasteiger partial charge in [-0.1, -0.05) is 20.3 Å².